The summed E-state index contributed by atoms with van der Waals surface area (Å²) in [7, 11) is 0. The van der Waals surface area contributed by atoms with E-state index in [1.807, 2.05) is 0 Å². The molecular formula is C23H35N7O8S. The number of benzene rings is 1. The number of hydrogen-bond donors (Lipinski definition) is 10. The SMILES string of the molecule is NC(N)=NCCCC(NC(=O)C(N)Cc1ccc(O)cc1)C(=O)NC(CCC(=O)O)C(=O)NC(CS)C(=O)O. The molecule has 0 radical (unpaired) electrons. The number of carboxylic acid groups (broad SMARTS) is 2. The molecule has 0 aliphatic rings. The van der Waals surface area contributed by atoms with Gasteiger partial charge in [0.05, 0.1) is 6.04 Å². The number of carboxylic acids is 2. The van der Waals surface area contributed by atoms with Crippen LogP contribution in [0.15, 0.2) is 29.3 Å². The van der Waals surface area contributed by atoms with Crippen molar-refractivity contribution in [2.75, 3.05) is 12.3 Å². The van der Waals surface area contributed by atoms with Crippen molar-refractivity contribution in [2.45, 2.75) is 56.3 Å². The topological polar surface area (TPSA) is 273 Å². The first kappa shape index (κ1) is 33.0. The van der Waals surface area contributed by atoms with Crippen LogP contribution in [0.25, 0.3) is 0 Å². The largest absolute Gasteiger partial charge is 0.508 e. The maximum absolute atomic E-state index is 13.1. The quantitative estimate of drug-likeness (QED) is 0.0410. The number of phenolic OH excluding ortho intramolecular Hbond substituents is 1. The van der Waals surface area contributed by atoms with Crippen molar-refractivity contribution in [3.05, 3.63) is 29.8 Å². The molecule has 16 heteroatoms. The number of phenols is 1. The lowest BCUT2D eigenvalue weighted by atomic mass is 10.0. The number of carbonyl (C=O) groups is 5. The predicted octanol–water partition coefficient (Wildman–Crippen LogP) is -2.35. The van der Waals surface area contributed by atoms with Gasteiger partial charge in [-0.15, -0.1) is 0 Å². The molecule has 0 fully saturated rings. The van der Waals surface area contributed by atoms with Gasteiger partial charge in [-0.1, -0.05) is 12.1 Å². The molecule has 0 bridgehead atoms. The number of thiol groups is 1. The number of aliphatic carboxylic acids is 2. The van der Waals surface area contributed by atoms with Crippen molar-refractivity contribution in [2.24, 2.45) is 22.2 Å². The van der Waals surface area contributed by atoms with E-state index in [4.69, 9.17) is 22.3 Å². The molecule has 0 aromatic heterocycles. The second-order valence-corrected chi connectivity index (χ2v) is 8.93. The summed E-state index contributed by atoms with van der Waals surface area (Å²) in [5.41, 5.74) is 17.3. The summed E-state index contributed by atoms with van der Waals surface area (Å²) >= 11 is 3.87. The Morgan fingerprint density at radius 1 is 0.872 bits per heavy atom. The van der Waals surface area contributed by atoms with E-state index in [-0.39, 0.29) is 49.7 Å². The zero-order valence-electron chi connectivity index (χ0n) is 21.1. The van der Waals surface area contributed by atoms with Gasteiger partial charge in [0.1, 0.15) is 23.9 Å². The highest BCUT2D eigenvalue weighted by atomic mass is 32.1. The van der Waals surface area contributed by atoms with Crippen molar-refractivity contribution >= 4 is 48.2 Å². The smallest absolute Gasteiger partial charge is 0.327 e. The molecule has 15 nitrogen and oxygen atoms in total. The summed E-state index contributed by atoms with van der Waals surface area (Å²) < 4.78 is 0. The third-order valence-electron chi connectivity index (χ3n) is 5.38. The molecule has 0 spiro atoms. The average molecular weight is 570 g/mol. The van der Waals surface area contributed by atoms with Gasteiger partial charge in [-0.05, 0) is 43.4 Å². The summed E-state index contributed by atoms with van der Waals surface area (Å²) in [6, 6.07) is 0.968. The van der Waals surface area contributed by atoms with Crippen molar-refractivity contribution in [3.63, 3.8) is 0 Å². The molecule has 0 aliphatic heterocycles. The zero-order chi connectivity index (χ0) is 29.5. The van der Waals surface area contributed by atoms with Crippen molar-refractivity contribution < 1.29 is 39.3 Å². The third kappa shape index (κ3) is 12.8. The van der Waals surface area contributed by atoms with Gasteiger partial charge in [0.15, 0.2) is 5.96 Å². The first-order valence-electron chi connectivity index (χ1n) is 11.9. The van der Waals surface area contributed by atoms with Crippen molar-refractivity contribution in [1.82, 2.24) is 16.0 Å². The third-order valence-corrected chi connectivity index (χ3v) is 5.75. The number of carbonyl (C=O) groups excluding carboxylic acids is 3. The lowest BCUT2D eigenvalue weighted by Crippen LogP contribution is -2.57. The monoisotopic (exact) mass is 569 g/mol. The van der Waals surface area contributed by atoms with E-state index in [1.54, 1.807) is 12.1 Å². The van der Waals surface area contributed by atoms with Crippen LogP contribution < -0.4 is 33.2 Å². The van der Waals surface area contributed by atoms with Gasteiger partial charge in [0.2, 0.25) is 17.7 Å². The highest BCUT2D eigenvalue weighted by Crippen LogP contribution is 2.11. The Labute approximate surface area is 230 Å². The van der Waals surface area contributed by atoms with E-state index in [1.165, 1.54) is 12.1 Å². The second-order valence-electron chi connectivity index (χ2n) is 8.56. The van der Waals surface area contributed by atoms with E-state index in [9.17, 15) is 34.2 Å². The molecule has 0 heterocycles. The molecule has 3 amide bonds. The van der Waals surface area contributed by atoms with Crippen LogP contribution in [-0.2, 0) is 30.4 Å². The Kier molecular flexibility index (Phi) is 14.1. The minimum absolute atomic E-state index is 0.0297. The Morgan fingerprint density at radius 2 is 1.41 bits per heavy atom. The standard InChI is InChI=1S/C23H35N7O8S/c24-14(10-12-3-5-13(31)6-4-12)19(34)28-15(2-1-9-27-23(25)26)20(35)29-16(7-8-18(32)33)21(36)30-17(11-39)22(37)38/h3-6,14-17,31,39H,1-2,7-11,24H2,(H,28,34)(H,29,35)(H,30,36)(H,32,33)(H,37,38)(H4,25,26,27). The van der Waals surface area contributed by atoms with Gasteiger partial charge in [-0.3, -0.25) is 24.2 Å². The Morgan fingerprint density at radius 3 is 1.92 bits per heavy atom. The van der Waals surface area contributed by atoms with E-state index in [2.05, 4.69) is 33.6 Å². The van der Waals surface area contributed by atoms with Crippen LogP contribution in [0.4, 0.5) is 0 Å². The summed E-state index contributed by atoms with van der Waals surface area (Å²) in [6.45, 7) is 0.132. The predicted molar refractivity (Wildman–Crippen MR) is 144 cm³/mol. The Bertz CT molecular complexity index is 1030. The number of nitrogens with zero attached hydrogens (tertiary/aromatic N) is 1. The number of hydrogen-bond acceptors (Lipinski definition) is 9. The van der Waals surface area contributed by atoms with Gasteiger partial charge in [-0.25, -0.2) is 4.79 Å². The lowest BCUT2D eigenvalue weighted by Gasteiger charge is -2.25. The second kappa shape index (κ2) is 16.7. The molecule has 1 aromatic rings. The van der Waals surface area contributed by atoms with E-state index >= 15 is 0 Å². The fraction of sp³-hybridized carbons (Fsp3) is 0.478. The van der Waals surface area contributed by atoms with Crippen molar-refractivity contribution in [3.8, 4) is 5.75 Å². The molecule has 1 aromatic carbocycles. The fourth-order valence-corrected chi connectivity index (χ4v) is 3.54. The van der Waals surface area contributed by atoms with Crippen LogP contribution in [-0.4, -0.2) is 87.4 Å². The average Bonchev–Trinajstić information content (AvgIpc) is 2.87. The molecule has 4 atom stereocenters. The summed E-state index contributed by atoms with van der Waals surface area (Å²) in [6.07, 6.45) is -0.479. The first-order chi connectivity index (χ1) is 18.3. The molecule has 0 aliphatic carbocycles. The van der Waals surface area contributed by atoms with Crippen LogP contribution in [0.3, 0.4) is 0 Å². The maximum atomic E-state index is 13.1. The number of nitrogens with two attached hydrogens (primary N) is 3. The number of amides is 3. The zero-order valence-corrected chi connectivity index (χ0v) is 22.0. The molecular weight excluding hydrogens is 534 g/mol. The number of guanidine groups is 1. The highest BCUT2D eigenvalue weighted by Gasteiger charge is 2.30. The van der Waals surface area contributed by atoms with Gasteiger partial charge >= 0.3 is 11.9 Å². The first-order valence-corrected chi connectivity index (χ1v) is 12.5. The van der Waals surface area contributed by atoms with E-state index in [0.717, 1.165) is 0 Å². The fourth-order valence-electron chi connectivity index (χ4n) is 3.30. The lowest BCUT2D eigenvalue weighted by molar-refractivity contribution is -0.142. The molecule has 39 heavy (non-hydrogen) atoms. The number of nitrogens with one attached hydrogen (secondary N) is 3. The summed E-state index contributed by atoms with van der Waals surface area (Å²) in [5, 5.41) is 34.7. The maximum Gasteiger partial charge on any atom is 0.327 e. The van der Waals surface area contributed by atoms with Gasteiger partial charge < -0.3 is 48.5 Å². The molecule has 216 valence electrons. The molecule has 0 saturated carbocycles. The van der Waals surface area contributed by atoms with Crippen LogP contribution in [0.1, 0.15) is 31.2 Å². The minimum atomic E-state index is -1.42. The summed E-state index contributed by atoms with van der Waals surface area (Å²) in [4.78, 5) is 64.8. The summed E-state index contributed by atoms with van der Waals surface area (Å²) in [5.74, 6) is -5.42. The number of aromatic hydroxyl groups is 1. The van der Waals surface area contributed by atoms with Gasteiger partial charge in [0, 0.05) is 18.7 Å². The van der Waals surface area contributed by atoms with Crippen LogP contribution >= 0.6 is 12.6 Å². The highest BCUT2D eigenvalue weighted by molar-refractivity contribution is 7.80. The Balaban J connectivity index is 3.03. The number of rotatable bonds is 17. The minimum Gasteiger partial charge on any atom is -0.508 e. The van der Waals surface area contributed by atoms with Gasteiger partial charge in [0.25, 0.3) is 0 Å². The molecule has 12 N–H and O–H groups in total. The van der Waals surface area contributed by atoms with E-state index in [0.29, 0.717) is 5.56 Å². The Hall–Kier alpha value is -4.05. The molecule has 4 unspecified atom stereocenters. The number of aliphatic imine (C=N–C) groups is 1. The van der Waals surface area contributed by atoms with Gasteiger partial charge in [-0.2, -0.15) is 12.6 Å². The molecule has 0 saturated heterocycles. The molecule has 1 rings (SSSR count). The van der Waals surface area contributed by atoms with Crippen LogP contribution in [0.2, 0.25) is 0 Å². The van der Waals surface area contributed by atoms with Crippen LogP contribution in [0, 0.1) is 0 Å². The van der Waals surface area contributed by atoms with Crippen molar-refractivity contribution in [1.29, 1.82) is 0 Å². The van der Waals surface area contributed by atoms with E-state index < -0.39 is 60.2 Å². The van der Waals surface area contributed by atoms with Crippen LogP contribution in [0.5, 0.6) is 5.75 Å². The normalized spacial score (nSPS) is 13.7.